The highest BCUT2D eigenvalue weighted by atomic mass is 16.1. The molecule has 0 amide bonds. The van der Waals surface area contributed by atoms with Gasteiger partial charge in [-0.3, -0.25) is 24.4 Å². The summed E-state index contributed by atoms with van der Waals surface area (Å²) in [5.41, 5.74) is 1.93. The van der Waals surface area contributed by atoms with Crippen molar-refractivity contribution in [3.05, 3.63) is 71.8 Å². The van der Waals surface area contributed by atoms with Crippen LogP contribution in [0.3, 0.4) is 0 Å². The zero-order chi connectivity index (χ0) is 26.5. The molecule has 0 aromatic heterocycles. The third-order valence-corrected chi connectivity index (χ3v) is 10.3. The first-order chi connectivity index (χ1) is 18.4. The Morgan fingerprint density at radius 2 is 0.947 bits per heavy atom. The number of hydrogen-bond acceptors (Lipinski definition) is 5. The molecule has 5 nitrogen and oxygen atoms in total. The summed E-state index contributed by atoms with van der Waals surface area (Å²) in [4.78, 5) is 25.7. The third-order valence-electron chi connectivity index (χ3n) is 10.3. The van der Waals surface area contributed by atoms with Crippen molar-refractivity contribution >= 4 is 5.78 Å². The molecule has 2 aliphatic carbocycles. The number of carbonyl (C=O) groups is 1. The predicted octanol–water partition coefficient (Wildman–Crippen LogP) is 4.46. The summed E-state index contributed by atoms with van der Waals surface area (Å²) in [6.45, 7) is 17.3. The van der Waals surface area contributed by atoms with Gasteiger partial charge < -0.3 is 0 Å². The summed E-state index contributed by atoms with van der Waals surface area (Å²) < 4.78 is 0. The van der Waals surface area contributed by atoms with E-state index in [0.717, 1.165) is 65.2 Å². The van der Waals surface area contributed by atoms with Crippen LogP contribution in [-0.2, 0) is 4.79 Å². The number of rotatable bonds is 8. The zero-order valence-electron chi connectivity index (χ0n) is 23.9. The summed E-state index contributed by atoms with van der Waals surface area (Å²) in [5, 5.41) is 0. The Labute approximate surface area is 229 Å². The molecule has 4 atom stereocenters. The molecule has 2 saturated carbocycles. The van der Waals surface area contributed by atoms with E-state index in [1.807, 2.05) is 0 Å². The fraction of sp³-hybridized carbons (Fsp3) is 0.606. The molecular formula is C33H46N4O. The lowest BCUT2D eigenvalue weighted by Crippen LogP contribution is -2.63. The maximum Gasteiger partial charge on any atom is 0.174 e. The summed E-state index contributed by atoms with van der Waals surface area (Å²) in [7, 11) is 0. The van der Waals surface area contributed by atoms with E-state index in [4.69, 9.17) is 0 Å². The molecule has 0 bridgehead atoms. The van der Waals surface area contributed by atoms with Crippen LogP contribution in [0.15, 0.2) is 60.7 Å². The van der Waals surface area contributed by atoms with Gasteiger partial charge in [0.05, 0.1) is 11.1 Å². The van der Waals surface area contributed by atoms with E-state index in [1.54, 1.807) is 0 Å². The van der Waals surface area contributed by atoms with Crippen LogP contribution in [0.5, 0.6) is 0 Å². The van der Waals surface area contributed by atoms with E-state index in [1.165, 1.54) is 11.1 Å². The second-order valence-corrected chi connectivity index (χ2v) is 12.7. The van der Waals surface area contributed by atoms with Crippen LogP contribution >= 0.6 is 0 Å². The van der Waals surface area contributed by atoms with E-state index in [9.17, 15) is 0 Å². The van der Waals surface area contributed by atoms with Gasteiger partial charge in [0.15, 0.2) is 5.78 Å². The minimum absolute atomic E-state index is 0.299. The molecular weight excluding hydrogens is 468 g/mol. The molecule has 5 heteroatoms. The smallest absolute Gasteiger partial charge is 0.174 e. The molecule has 6 rings (SSSR count). The topological polar surface area (TPSA) is 30.0 Å². The van der Waals surface area contributed by atoms with Crippen molar-refractivity contribution in [1.82, 2.24) is 19.6 Å². The molecule has 4 aliphatic rings. The second-order valence-electron chi connectivity index (χ2n) is 12.7. The first-order valence-corrected chi connectivity index (χ1v) is 15.0. The molecule has 2 aliphatic heterocycles. The van der Waals surface area contributed by atoms with Crippen LogP contribution in [0, 0.1) is 0 Å². The van der Waals surface area contributed by atoms with Crippen LogP contribution in [0.4, 0.5) is 0 Å². The van der Waals surface area contributed by atoms with Crippen molar-refractivity contribution in [2.24, 2.45) is 0 Å². The van der Waals surface area contributed by atoms with Crippen molar-refractivity contribution in [1.29, 1.82) is 0 Å². The van der Waals surface area contributed by atoms with Gasteiger partial charge in [-0.25, -0.2) is 0 Å². The highest BCUT2D eigenvalue weighted by molar-refractivity contribution is 6.04. The van der Waals surface area contributed by atoms with Crippen molar-refractivity contribution < 1.29 is 4.79 Å². The third kappa shape index (κ3) is 4.36. The molecule has 2 saturated heterocycles. The molecule has 2 aromatic rings. The van der Waals surface area contributed by atoms with Gasteiger partial charge in [0.25, 0.3) is 0 Å². The minimum Gasteiger partial charge on any atom is -0.298 e. The summed E-state index contributed by atoms with van der Waals surface area (Å²) in [5.74, 6) is 1.11. The molecule has 0 spiro atoms. The maximum atomic E-state index is 15.3. The largest absolute Gasteiger partial charge is 0.298 e. The van der Waals surface area contributed by atoms with E-state index >= 15 is 4.79 Å². The van der Waals surface area contributed by atoms with Crippen LogP contribution in [0.25, 0.3) is 0 Å². The number of nitrogens with zero attached hydrogens (tertiary/aromatic N) is 4. The molecule has 0 N–H and O–H groups in total. The number of hydrogen-bond donors (Lipinski definition) is 0. The monoisotopic (exact) mass is 514 g/mol. The Kier molecular flexibility index (Phi) is 7.01. The summed E-state index contributed by atoms with van der Waals surface area (Å²) >= 11 is 0. The predicted molar refractivity (Wildman–Crippen MR) is 155 cm³/mol. The lowest BCUT2D eigenvalue weighted by Gasteiger charge is -2.46. The fourth-order valence-corrected chi connectivity index (χ4v) is 7.80. The van der Waals surface area contributed by atoms with Crippen LogP contribution in [-0.4, -0.2) is 101 Å². The molecule has 2 aromatic carbocycles. The van der Waals surface area contributed by atoms with Crippen molar-refractivity contribution in [3.8, 4) is 0 Å². The van der Waals surface area contributed by atoms with Crippen molar-refractivity contribution in [3.63, 3.8) is 0 Å². The normalized spacial score (nSPS) is 33.1. The minimum atomic E-state index is -0.372. The van der Waals surface area contributed by atoms with Gasteiger partial charge in [0.1, 0.15) is 0 Å². The molecule has 204 valence electrons. The van der Waals surface area contributed by atoms with E-state index < -0.39 is 0 Å². The summed E-state index contributed by atoms with van der Waals surface area (Å²) in [6.07, 6.45) is 1.93. The Balaban J connectivity index is 1.34. The summed E-state index contributed by atoms with van der Waals surface area (Å²) in [6, 6.07) is 22.9. The number of piperazine rings is 2. The molecule has 4 fully saturated rings. The average Bonchev–Trinajstić information content (AvgIpc) is 3.88. The van der Waals surface area contributed by atoms with Gasteiger partial charge in [-0.05, 0) is 51.7 Å². The average molecular weight is 515 g/mol. The zero-order valence-corrected chi connectivity index (χ0v) is 23.9. The fourth-order valence-electron chi connectivity index (χ4n) is 7.80. The Bertz CT molecular complexity index is 1020. The van der Waals surface area contributed by atoms with Gasteiger partial charge in [-0.15, -0.1) is 0 Å². The first kappa shape index (κ1) is 26.2. The van der Waals surface area contributed by atoms with Gasteiger partial charge in [-0.1, -0.05) is 60.7 Å². The number of ketones is 1. The van der Waals surface area contributed by atoms with Crippen molar-refractivity contribution in [2.45, 2.75) is 75.5 Å². The lowest BCUT2D eigenvalue weighted by molar-refractivity contribution is -0.135. The van der Waals surface area contributed by atoms with Gasteiger partial charge in [0.2, 0.25) is 0 Å². The van der Waals surface area contributed by atoms with E-state index in [2.05, 4.69) is 108 Å². The molecule has 4 unspecified atom stereocenters. The first-order valence-electron chi connectivity index (χ1n) is 15.0. The number of carbonyl (C=O) groups excluding carboxylic acids is 1. The number of Topliss-reactive ketones (excluding diaryl/α,β-unsaturated/α-hetero) is 1. The van der Waals surface area contributed by atoms with Crippen molar-refractivity contribution in [2.75, 3.05) is 52.4 Å². The van der Waals surface area contributed by atoms with Crippen LogP contribution < -0.4 is 0 Å². The molecule has 0 radical (unpaired) electrons. The lowest BCUT2D eigenvalue weighted by atomic mass is 9.89. The van der Waals surface area contributed by atoms with E-state index in [-0.39, 0.29) is 11.1 Å². The second kappa shape index (κ2) is 10.2. The SMILES string of the molecule is CC(C)N1CCN(C2(C(=O)C3(N4CCN(C(C)C)CC4)CC3c3ccccc3)CC2c2ccccc2)CC1. The van der Waals surface area contributed by atoms with Gasteiger partial charge >= 0.3 is 0 Å². The highest BCUT2D eigenvalue weighted by Crippen LogP contribution is 2.65. The molecule has 2 heterocycles. The van der Waals surface area contributed by atoms with E-state index in [0.29, 0.717) is 29.7 Å². The Morgan fingerprint density at radius 1 is 0.605 bits per heavy atom. The number of benzene rings is 2. The van der Waals surface area contributed by atoms with Crippen LogP contribution in [0.1, 0.15) is 63.5 Å². The van der Waals surface area contributed by atoms with Gasteiger partial charge in [0, 0.05) is 76.3 Å². The maximum absolute atomic E-state index is 15.3. The Morgan fingerprint density at radius 3 is 1.26 bits per heavy atom. The quantitative estimate of drug-likeness (QED) is 0.519. The standard InChI is InChI=1S/C33H46N4O/c1-25(2)34-15-19-36(20-16-34)32(23-29(32)27-11-7-5-8-12-27)31(38)33(24-30(33)28-13-9-6-10-14-28)37-21-17-35(18-22-37)26(3)4/h5-14,25-26,29-30H,15-24H2,1-4H3. The Hall–Kier alpha value is -2.05. The highest BCUT2D eigenvalue weighted by Gasteiger charge is 2.75. The van der Waals surface area contributed by atoms with Crippen LogP contribution in [0.2, 0.25) is 0 Å². The van der Waals surface area contributed by atoms with Gasteiger partial charge in [-0.2, -0.15) is 0 Å². The molecule has 38 heavy (non-hydrogen) atoms.